The van der Waals surface area contributed by atoms with Crippen molar-refractivity contribution in [1.29, 1.82) is 0 Å². The van der Waals surface area contributed by atoms with Gasteiger partial charge in [0, 0.05) is 25.6 Å². The molecule has 1 saturated carbocycles. The Labute approximate surface area is 179 Å². The van der Waals surface area contributed by atoms with Gasteiger partial charge in [0.2, 0.25) is 15.9 Å². The van der Waals surface area contributed by atoms with E-state index in [1.807, 2.05) is 0 Å². The van der Waals surface area contributed by atoms with Crippen LogP contribution in [0.1, 0.15) is 51.7 Å². The van der Waals surface area contributed by atoms with Crippen LogP contribution >= 0.6 is 24.0 Å². The third kappa shape index (κ3) is 8.34. The summed E-state index contributed by atoms with van der Waals surface area (Å²) in [5, 5.41) is 6.07. The first-order valence-electron chi connectivity index (χ1n) is 9.06. The van der Waals surface area contributed by atoms with Gasteiger partial charge in [0.25, 0.3) is 0 Å². The van der Waals surface area contributed by atoms with Crippen LogP contribution in [0.3, 0.4) is 0 Å². The van der Waals surface area contributed by atoms with Crippen LogP contribution in [0.4, 0.5) is 0 Å². The topological polar surface area (TPSA) is 109 Å². The van der Waals surface area contributed by atoms with E-state index < -0.39 is 10.0 Å². The van der Waals surface area contributed by atoms with Crippen molar-refractivity contribution in [3.63, 3.8) is 0 Å². The SMILES string of the molecule is CN=C(NCCS(=O)(=O)NCC1CCC1)NCc1ncc(C(C)(C)C)o1.I. The van der Waals surface area contributed by atoms with Gasteiger partial charge in [0.05, 0.1) is 18.5 Å². The Hall–Kier alpha value is -0.880. The van der Waals surface area contributed by atoms with Crippen LogP contribution in [0, 0.1) is 5.92 Å². The number of aromatic nitrogens is 1. The molecule has 27 heavy (non-hydrogen) atoms. The highest BCUT2D eigenvalue weighted by molar-refractivity contribution is 14.0. The summed E-state index contributed by atoms with van der Waals surface area (Å²) in [4.78, 5) is 8.33. The predicted molar refractivity (Wildman–Crippen MR) is 118 cm³/mol. The Morgan fingerprint density at radius 3 is 2.56 bits per heavy atom. The lowest BCUT2D eigenvalue weighted by atomic mass is 9.86. The molecule has 0 aromatic carbocycles. The van der Waals surface area contributed by atoms with Crippen molar-refractivity contribution >= 4 is 40.0 Å². The Morgan fingerprint density at radius 1 is 1.33 bits per heavy atom. The van der Waals surface area contributed by atoms with Crippen LogP contribution in [-0.2, 0) is 22.0 Å². The molecule has 0 saturated heterocycles. The Kier molecular flexibility index (Phi) is 9.49. The number of nitrogens with one attached hydrogen (secondary N) is 3. The monoisotopic (exact) mass is 513 g/mol. The van der Waals surface area contributed by atoms with Crippen molar-refractivity contribution < 1.29 is 12.8 Å². The summed E-state index contributed by atoms with van der Waals surface area (Å²) in [6.45, 7) is 7.39. The van der Waals surface area contributed by atoms with Gasteiger partial charge in [0.1, 0.15) is 5.76 Å². The fraction of sp³-hybridized carbons (Fsp3) is 0.765. The van der Waals surface area contributed by atoms with Gasteiger partial charge in [-0.1, -0.05) is 27.2 Å². The first-order chi connectivity index (χ1) is 12.2. The number of halogens is 1. The zero-order valence-corrected chi connectivity index (χ0v) is 19.7. The van der Waals surface area contributed by atoms with Crippen LogP contribution in [-0.4, -0.2) is 45.3 Å². The zero-order valence-electron chi connectivity index (χ0n) is 16.5. The first kappa shape index (κ1) is 24.2. The first-order valence-corrected chi connectivity index (χ1v) is 10.7. The molecular formula is C17H32IN5O3S. The van der Waals surface area contributed by atoms with Crippen LogP contribution < -0.4 is 15.4 Å². The number of sulfonamides is 1. The molecular weight excluding hydrogens is 481 g/mol. The van der Waals surface area contributed by atoms with E-state index in [0.717, 1.165) is 18.6 Å². The molecule has 1 fully saturated rings. The molecule has 1 aliphatic carbocycles. The van der Waals surface area contributed by atoms with Crippen LogP contribution in [0.2, 0.25) is 0 Å². The highest BCUT2D eigenvalue weighted by Crippen LogP contribution is 2.25. The largest absolute Gasteiger partial charge is 0.443 e. The molecule has 1 heterocycles. The standard InChI is InChI=1S/C17H31N5O3S.HI/c1-17(2,3)14-11-20-15(25-14)12-21-16(18-4)19-8-9-26(23,24)22-10-13-6-5-7-13;/h11,13,22H,5-10,12H2,1-4H3,(H2,18,19,21);1H. The molecule has 8 nitrogen and oxygen atoms in total. The van der Waals surface area contributed by atoms with Crippen molar-refractivity contribution in [3.05, 3.63) is 17.8 Å². The lowest BCUT2D eigenvalue weighted by Crippen LogP contribution is -2.41. The maximum atomic E-state index is 12.0. The van der Waals surface area contributed by atoms with E-state index in [-0.39, 0.29) is 41.7 Å². The number of nitrogens with zero attached hydrogens (tertiary/aromatic N) is 2. The normalized spacial score (nSPS) is 15.8. The van der Waals surface area contributed by atoms with Crippen molar-refractivity contribution in [3.8, 4) is 0 Å². The van der Waals surface area contributed by atoms with Gasteiger partial charge < -0.3 is 15.1 Å². The van der Waals surface area contributed by atoms with Crippen LogP contribution in [0.15, 0.2) is 15.6 Å². The van der Waals surface area contributed by atoms with E-state index in [0.29, 0.717) is 30.9 Å². The van der Waals surface area contributed by atoms with E-state index in [1.165, 1.54) is 6.42 Å². The second kappa shape index (κ2) is 10.6. The van der Waals surface area contributed by atoms with Gasteiger partial charge in [-0.3, -0.25) is 4.99 Å². The molecule has 0 unspecified atom stereocenters. The lowest BCUT2D eigenvalue weighted by molar-refractivity contribution is 0.316. The Balaban J connectivity index is 0.00000364. The minimum atomic E-state index is -3.26. The maximum absolute atomic E-state index is 12.0. The van der Waals surface area contributed by atoms with Gasteiger partial charge in [-0.2, -0.15) is 0 Å². The van der Waals surface area contributed by atoms with E-state index in [4.69, 9.17) is 4.42 Å². The van der Waals surface area contributed by atoms with Crippen molar-refractivity contribution in [2.24, 2.45) is 10.9 Å². The molecule has 3 N–H and O–H groups in total. The Morgan fingerprint density at radius 2 is 2.04 bits per heavy atom. The average molecular weight is 513 g/mol. The number of hydrogen-bond acceptors (Lipinski definition) is 5. The van der Waals surface area contributed by atoms with Gasteiger partial charge in [-0.05, 0) is 18.8 Å². The smallest absolute Gasteiger partial charge is 0.213 e. The summed E-state index contributed by atoms with van der Waals surface area (Å²) in [6, 6.07) is 0. The summed E-state index contributed by atoms with van der Waals surface area (Å²) in [6.07, 6.45) is 5.18. The lowest BCUT2D eigenvalue weighted by Gasteiger charge is -2.25. The highest BCUT2D eigenvalue weighted by Gasteiger charge is 2.20. The molecule has 1 aromatic rings. The van der Waals surface area contributed by atoms with E-state index in [2.05, 4.69) is 46.1 Å². The summed E-state index contributed by atoms with van der Waals surface area (Å²) in [7, 11) is -1.63. The molecule has 0 bridgehead atoms. The molecule has 1 aromatic heterocycles. The predicted octanol–water partition coefficient (Wildman–Crippen LogP) is 1.97. The molecule has 156 valence electrons. The number of aliphatic imine (C=N–C) groups is 1. The molecule has 0 atom stereocenters. The third-order valence-electron chi connectivity index (χ3n) is 4.40. The van der Waals surface area contributed by atoms with E-state index in [1.54, 1.807) is 13.2 Å². The average Bonchev–Trinajstić information content (AvgIpc) is 2.98. The summed E-state index contributed by atoms with van der Waals surface area (Å²) >= 11 is 0. The van der Waals surface area contributed by atoms with Gasteiger partial charge in [-0.25, -0.2) is 18.1 Å². The maximum Gasteiger partial charge on any atom is 0.213 e. The number of guanidine groups is 1. The zero-order chi connectivity index (χ0) is 19.2. The minimum absolute atomic E-state index is 0. The van der Waals surface area contributed by atoms with Crippen molar-refractivity contribution in [2.45, 2.75) is 52.0 Å². The summed E-state index contributed by atoms with van der Waals surface area (Å²) in [5.74, 6) is 2.40. The van der Waals surface area contributed by atoms with E-state index in [9.17, 15) is 8.42 Å². The Bertz CT molecular complexity index is 708. The van der Waals surface area contributed by atoms with Crippen molar-refractivity contribution in [2.75, 3.05) is 25.9 Å². The second-order valence-corrected chi connectivity index (χ2v) is 9.61. The molecule has 0 amide bonds. The van der Waals surface area contributed by atoms with Crippen molar-refractivity contribution in [1.82, 2.24) is 20.3 Å². The fourth-order valence-electron chi connectivity index (χ4n) is 2.44. The summed E-state index contributed by atoms with van der Waals surface area (Å²) in [5.41, 5.74) is -0.0913. The third-order valence-corrected chi connectivity index (χ3v) is 5.75. The minimum Gasteiger partial charge on any atom is -0.443 e. The summed E-state index contributed by atoms with van der Waals surface area (Å²) < 4.78 is 32.4. The van der Waals surface area contributed by atoms with Crippen LogP contribution in [0.5, 0.6) is 0 Å². The van der Waals surface area contributed by atoms with E-state index >= 15 is 0 Å². The molecule has 1 aliphatic rings. The van der Waals surface area contributed by atoms with Gasteiger partial charge in [0.15, 0.2) is 5.96 Å². The molecule has 0 spiro atoms. The molecule has 0 aliphatic heterocycles. The molecule has 10 heteroatoms. The highest BCUT2D eigenvalue weighted by atomic mass is 127. The van der Waals surface area contributed by atoms with Gasteiger partial charge in [-0.15, -0.1) is 24.0 Å². The second-order valence-electron chi connectivity index (χ2n) is 7.69. The number of hydrogen-bond donors (Lipinski definition) is 3. The quantitative estimate of drug-likeness (QED) is 0.279. The molecule has 0 radical (unpaired) electrons. The van der Waals surface area contributed by atoms with Crippen LogP contribution in [0.25, 0.3) is 0 Å². The fourth-order valence-corrected chi connectivity index (χ4v) is 3.44. The number of rotatable bonds is 8. The van der Waals surface area contributed by atoms with Gasteiger partial charge >= 0.3 is 0 Å². The molecule has 2 rings (SSSR count). The number of oxazole rings is 1.